The van der Waals surface area contributed by atoms with E-state index in [0.29, 0.717) is 5.75 Å². The summed E-state index contributed by atoms with van der Waals surface area (Å²) < 4.78 is 5.44. The van der Waals surface area contributed by atoms with Gasteiger partial charge in [-0.2, -0.15) is 0 Å². The maximum absolute atomic E-state index is 11.5. The number of benzene rings is 1. The molecule has 1 aromatic carbocycles. The van der Waals surface area contributed by atoms with Crippen molar-refractivity contribution in [3.05, 3.63) is 30.3 Å². The Morgan fingerprint density at radius 2 is 1.94 bits per heavy atom. The van der Waals surface area contributed by atoms with Crippen LogP contribution in [0.3, 0.4) is 0 Å². The third-order valence-electron chi connectivity index (χ3n) is 2.39. The van der Waals surface area contributed by atoms with Gasteiger partial charge in [-0.15, -0.1) is 0 Å². The largest absolute Gasteiger partial charge is 0.491 e. The van der Waals surface area contributed by atoms with Crippen LogP contribution in [-0.2, 0) is 4.79 Å². The molecule has 1 unspecified atom stereocenters. The van der Waals surface area contributed by atoms with Gasteiger partial charge in [0.25, 0.3) is 5.91 Å². The zero-order valence-electron chi connectivity index (χ0n) is 8.82. The van der Waals surface area contributed by atoms with Crippen LogP contribution in [0.5, 0.6) is 5.75 Å². The Balaban J connectivity index is 2.00. The molecular weight excluding hydrogens is 208 g/mol. The molecule has 0 bridgehead atoms. The van der Waals surface area contributed by atoms with Crippen molar-refractivity contribution in [2.75, 3.05) is 6.61 Å². The molecule has 0 aromatic heterocycles. The quantitative estimate of drug-likeness (QED) is 0.735. The highest BCUT2D eigenvalue weighted by molar-refractivity contribution is 6.06. The number of rotatable bonds is 3. The molecule has 0 aliphatic carbocycles. The number of amides is 3. The Morgan fingerprint density at radius 3 is 2.50 bits per heavy atom. The zero-order chi connectivity index (χ0) is 11.6. The highest BCUT2D eigenvalue weighted by Crippen LogP contribution is 2.14. The molecule has 1 saturated heterocycles. The van der Waals surface area contributed by atoms with E-state index < -0.39 is 11.6 Å². The van der Waals surface area contributed by atoms with E-state index in [1.54, 1.807) is 19.1 Å². The lowest BCUT2D eigenvalue weighted by Gasteiger charge is -2.20. The minimum Gasteiger partial charge on any atom is -0.491 e. The number of carbonyl (C=O) groups is 2. The standard InChI is InChI=1S/C11H12N2O3/c1-11(9(14)12-10(15)13-11)7-16-8-5-3-2-4-6-8/h2-6H,7H2,1H3,(H2,12,13,14,15). The van der Waals surface area contributed by atoms with Gasteiger partial charge in [0.15, 0.2) is 5.54 Å². The lowest BCUT2D eigenvalue weighted by atomic mass is 10.1. The van der Waals surface area contributed by atoms with E-state index in [4.69, 9.17) is 4.74 Å². The number of ether oxygens (including phenoxy) is 1. The van der Waals surface area contributed by atoms with Crippen LogP contribution in [0.2, 0.25) is 0 Å². The van der Waals surface area contributed by atoms with Crippen molar-refractivity contribution in [2.45, 2.75) is 12.5 Å². The highest BCUT2D eigenvalue weighted by atomic mass is 16.5. The maximum atomic E-state index is 11.5. The first kappa shape index (κ1) is 10.5. The molecule has 5 nitrogen and oxygen atoms in total. The van der Waals surface area contributed by atoms with Gasteiger partial charge < -0.3 is 10.1 Å². The molecule has 16 heavy (non-hydrogen) atoms. The lowest BCUT2D eigenvalue weighted by molar-refractivity contribution is -0.124. The number of nitrogens with one attached hydrogen (secondary N) is 2. The lowest BCUT2D eigenvalue weighted by Crippen LogP contribution is -2.48. The van der Waals surface area contributed by atoms with Crippen molar-refractivity contribution in [1.82, 2.24) is 10.6 Å². The van der Waals surface area contributed by atoms with E-state index >= 15 is 0 Å². The van der Waals surface area contributed by atoms with Crippen molar-refractivity contribution in [1.29, 1.82) is 0 Å². The normalized spacial score (nSPS) is 23.8. The summed E-state index contributed by atoms with van der Waals surface area (Å²) in [7, 11) is 0. The van der Waals surface area contributed by atoms with E-state index in [9.17, 15) is 9.59 Å². The van der Waals surface area contributed by atoms with E-state index in [-0.39, 0.29) is 12.5 Å². The van der Waals surface area contributed by atoms with Crippen LogP contribution in [0.4, 0.5) is 4.79 Å². The molecule has 0 spiro atoms. The van der Waals surface area contributed by atoms with Gasteiger partial charge in [0.2, 0.25) is 0 Å². The molecule has 84 valence electrons. The average molecular weight is 220 g/mol. The van der Waals surface area contributed by atoms with Gasteiger partial charge >= 0.3 is 6.03 Å². The van der Waals surface area contributed by atoms with Crippen molar-refractivity contribution in [3.8, 4) is 5.75 Å². The average Bonchev–Trinajstić information content (AvgIpc) is 2.52. The molecule has 0 radical (unpaired) electrons. The Kier molecular flexibility index (Phi) is 2.52. The molecule has 1 aliphatic rings. The van der Waals surface area contributed by atoms with Gasteiger partial charge in [-0.1, -0.05) is 18.2 Å². The SMILES string of the molecule is CC1(COc2ccccc2)NC(=O)NC1=O. The van der Waals surface area contributed by atoms with Crippen LogP contribution in [0.1, 0.15) is 6.92 Å². The second-order valence-electron chi connectivity index (χ2n) is 3.84. The van der Waals surface area contributed by atoms with Crippen molar-refractivity contribution >= 4 is 11.9 Å². The maximum Gasteiger partial charge on any atom is 0.322 e. The van der Waals surface area contributed by atoms with E-state index in [1.165, 1.54) is 0 Å². The van der Waals surface area contributed by atoms with Crippen LogP contribution in [0, 0.1) is 0 Å². The summed E-state index contributed by atoms with van der Waals surface area (Å²) in [5, 5.41) is 4.70. The van der Waals surface area contributed by atoms with Gasteiger partial charge in [0.1, 0.15) is 12.4 Å². The highest BCUT2D eigenvalue weighted by Gasteiger charge is 2.42. The third-order valence-corrected chi connectivity index (χ3v) is 2.39. The van der Waals surface area contributed by atoms with Crippen molar-refractivity contribution in [2.24, 2.45) is 0 Å². The fourth-order valence-electron chi connectivity index (χ4n) is 1.43. The van der Waals surface area contributed by atoms with Crippen LogP contribution in [0.25, 0.3) is 0 Å². The summed E-state index contributed by atoms with van der Waals surface area (Å²) in [5.74, 6) is 0.297. The number of imide groups is 1. The molecule has 2 N–H and O–H groups in total. The molecule has 1 aromatic rings. The van der Waals surface area contributed by atoms with Gasteiger partial charge in [-0.3, -0.25) is 10.1 Å². The van der Waals surface area contributed by atoms with Gasteiger partial charge in [-0.25, -0.2) is 4.79 Å². The van der Waals surface area contributed by atoms with Crippen LogP contribution in [-0.4, -0.2) is 24.1 Å². The molecule has 5 heteroatoms. The summed E-state index contributed by atoms with van der Waals surface area (Å²) in [6.45, 7) is 1.73. The molecule has 1 heterocycles. The Bertz CT molecular complexity index is 418. The van der Waals surface area contributed by atoms with E-state index in [1.807, 2.05) is 18.2 Å². The minimum absolute atomic E-state index is 0.106. The number of urea groups is 1. The second-order valence-corrected chi connectivity index (χ2v) is 3.84. The molecule has 3 amide bonds. The first-order chi connectivity index (χ1) is 7.60. The summed E-state index contributed by atoms with van der Waals surface area (Å²) in [5.41, 5.74) is -0.993. The van der Waals surface area contributed by atoms with Crippen LogP contribution >= 0.6 is 0 Å². The molecule has 1 fully saturated rings. The Morgan fingerprint density at radius 1 is 1.25 bits per heavy atom. The number of hydrogen-bond donors (Lipinski definition) is 2. The van der Waals surface area contributed by atoms with E-state index in [2.05, 4.69) is 10.6 Å². The predicted octanol–water partition coefficient (Wildman–Crippen LogP) is 0.663. The first-order valence-corrected chi connectivity index (χ1v) is 4.92. The van der Waals surface area contributed by atoms with Gasteiger partial charge in [0, 0.05) is 0 Å². The minimum atomic E-state index is -0.993. The zero-order valence-corrected chi connectivity index (χ0v) is 8.82. The fourth-order valence-corrected chi connectivity index (χ4v) is 1.43. The second kappa shape index (κ2) is 3.84. The Labute approximate surface area is 92.8 Å². The Hall–Kier alpha value is -2.04. The molecule has 0 saturated carbocycles. The first-order valence-electron chi connectivity index (χ1n) is 4.92. The molecule has 1 atom stereocenters. The summed E-state index contributed by atoms with van der Waals surface area (Å²) in [4.78, 5) is 22.4. The smallest absolute Gasteiger partial charge is 0.322 e. The molecule has 2 rings (SSSR count). The summed E-state index contributed by atoms with van der Waals surface area (Å²) in [6, 6.07) is 8.65. The number of hydrogen-bond acceptors (Lipinski definition) is 3. The van der Waals surface area contributed by atoms with E-state index in [0.717, 1.165) is 0 Å². The van der Waals surface area contributed by atoms with Crippen molar-refractivity contribution < 1.29 is 14.3 Å². The van der Waals surface area contributed by atoms with Gasteiger partial charge in [-0.05, 0) is 19.1 Å². The van der Waals surface area contributed by atoms with Crippen LogP contribution in [0.15, 0.2) is 30.3 Å². The topological polar surface area (TPSA) is 67.4 Å². The summed E-state index contributed by atoms with van der Waals surface area (Å²) >= 11 is 0. The predicted molar refractivity (Wildman–Crippen MR) is 57.0 cm³/mol. The van der Waals surface area contributed by atoms with Gasteiger partial charge in [0.05, 0.1) is 0 Å². The monoisotopic (exact) mass is 220 g/mol. The fraction of sp³-hybridized carbons (Fsp3) is 0.273. The van der Waals surface area contributed by atoms with Crippen molar-refractivity contribution in [3.63, 3.8) is 0 Å². The number of para-hydroxylation sites is 1. The molecular formula is C11H12N2O3. The number of carbonyl (C=O) groups excluding carboxylic acids is 2. The molecule has 1 aliphatic heterocycles. The van der Waals surface area contributed by atoms with Crippen LogP contribution < -0.4 is 15.4 Å². The third kappa shape index (κ3) is 1.98. The summed E-state index contributed by atoms with van der Waals surface area (Å²) in [6.07, 6.45) is 0.